The summed E-state index contributed by atoms with van der Waals surface area (Å²) in [6, 6.07) is 19.3. The first-order chi connectivity index (χ1) is 19.5. The van der Waals surface area contributed by atoms with Crippen molar-refractivity contribution in [2.75, 3.05) is 20.5 Å². The van der Waals surface area contributed by atoms with Gasteiger partial charge in [0, 0.05) is 5.56 Å². The molecule has 4 aromatic rings. The average Bonchev–Trinajstić information content (AvgIpc) is 3.56. The van der Waals surface area contributed by atoms with Crippen LogP contribution in [0.5, 0.6) is 17.2 Å². The maximum absolute atomic E-state index is 14.0. The van der Waals surface area contributed by atoms with Gasteiger partial charge in [-0.3, -0.25) is 9.36 Å². The molecule has 1 atom stereocenters. The van der Waals surface area contributed by atoms with E-state index in [0.29, 0.717) is 42.9 Å². The molecule has 40 heavy (non-hydrogen) atoms. The van der Waals surface area contributed by atoms with Crippen molar-refractivity contribution < 1.29 is 23.7 Å². The molecule has 0 saturated carbocycles. The van der Waals surface area contributed by atoms with Gasteiger partial charge in [-0.1, -0.05) is 65.4 Å². The molecule has 10 heteroatoms. The summed E-state index contributed by atoms with van der Waals surface area (Å²) in [6.45, 7) is 2.01. The highest BCUT2D eigenvalue weighted by molar-refractivity contribution is 7.07. The predicted molar refractivity (Wildman–Crippen MR) is 152 cm³/mol. The second-order valence-electron chi connectivity index (χ2n) is 8.94. The minimum atomic E-state index is -0.818. The lowest BCUT2D eigenvalue weighted by Gasteiger charge is -2.26. The number of aromatic nitrogens is 1. The summed E-state index contributed by atoms with van der Waals surface area (Å²) in [6.07, 6.45) is 1.75. The molecular formula is C30H23ClN2O6S. The van der Waals surface area contributed by atoms with E-state index in [-0.39, 0.29) is 24.5 Å². The van der Waals surface area contributed by atoms with Gasteiger partial charge in [0.1, 0.15) is 5.75 Å². The average molecular weight is 575 g/mol. The molecule has 0 spiro atoms. The van der Waals surface area contributed by atoms with Crippen LogP contribution in [0.1, 0.15) is 29.7 Å². The Hall–Kier alpha value is -4.34. The van der Waals surface area contributed by atoms with Crippen molar-refractivity contribution in [2.24, 2.45) is 4.99 Å². The third-order valence-electron chi connectivity index (χ3n) is 6.56. The zero-order chi connectivity index (χ0) is 27.8. The number of carbonyl (C=O) groups excluding carboxylic acids is 1. The van der Waals surface area contributed by atoms with Gasteiger partial charge in [-0.25, -0.2) is 9.79 Å². The molecule has 0 radical (unpaired) electrons. The monoisotopic (exact) mass is 574 g/mol. The Morgan fingerprint density at radius 2 is 1.93 bits per heavy atom. The molecule has 2 aliphatic heterocycles. The van der Waals surface area contributed by atoms with Crippen LogP contribution < -0.4 is 29.1 Å². The predicted octanol–water partition coefficient (Wildman–Crippen LogP) is 4.33. The van der Waals surface area contributed by atoms with Crippen LogP contribution in [-0.4, -0.2) is 31.0 Å². The number of ether oxygens (including phenoxy) is 4. The van der Waals surface area contributed by atoms with Crippen molar-refractivity contribution >= 4 is 40.7 Å². The number of benzene rings is 3. The molecule has 0 unspecified atom stereocenters. The quantitative estimate of drug-likeness (QED) is 0.319. The Labute approximate surface area is 238 Å². The minimum Gasteiger partial charge on any atom is -0.495 e. The Morgan fingerprint density at radius 3 is 2.67 bits per heavy atom. The van der Waals surface area contributed by atoms with E-state index in [0.717, 1.165) is 11.1 Å². The van der Waals surface area contributed by atoms with Crippen molar-refractivity contribution in [3.8, 4) is 17.2 Å². The molecule has 8 nitrogen and oxygen atoms in total. The summed E-state index contributed by atoms with van der Waals surface area (Å²) in [5, 5.41) is 0.429. The minimum absolute atomic E-state index is 0.0990. The first-order valence-electron chi connectivity index (χ1n) is 12.5. The van der Waals surface area contributed by atoms with Crippen LogP contribution in [0.25, 0.3) is 11.8 Å². The third kappa shape index (κ3) is 4.57. The Morgan fingerprint density at radius 1 is 1.12 bits per heavy atom. The molecule has 0 fully saturated rings. The standard InChI is InChI=1S/C30H23ClN2O6S/c1-3-37-29(35)25-26(18-7-5-4-6-8-18)32-30-33(27(25)19-10-12-22-23(15-19)39-16-38-22)28(34)24(40-30)14-17-9-11-21(36-2)20(31)13-17/h4-15,27H,3,16H2,1-2H3/b24-14+/t27-/m0/s1. The first-order valence-corrected chi connectivity index (χ1v) is 13.7. The number of hydrogen-bond donors (Lipinski definition) is 0. The molecule has 3 aromatic carbocycles. The summed E-state index contributed by atoms with van der Waals surface area (Å²) in [5.74, 6) is 1.12. The molecule has 3 heterocycles. The number of esters is 1. The summed E-state index contributed by atoms with van der Waals surface area (Å²) in [5.41, 5.74) is 2.53. The van der Waals surface area contributed by atoms with E-state index in [1.807, 2.05) is 42.5 Å². The van der Waals surface area contributed by atoms with Gasteiger partial charge >= 0.3 is 5.97 Å². The van der Waals surface area contributed by atoms with Crippen molar-refractivity contribution in [3.63, 3.8) is 0 Å². The number of carbonyl (C=O) groups is 1. The van der Waals surface area contributed by atoms with E-state index >= 15 is 0 Å². The number of hydrogen-bond acceptors (Lipinski definition) is 8. The second kappa shape index (κ2) is 10.7. The molecule has 6 rings (SSSR count). The van der Waals surface area contributed by atoms with Crippen molar-refractivity contribution in [1.82, 2.24) is 4.57 Å². The highest BCUT2D eigenvalue weighted by Gasteiger charge is 2.36. The fourth-order valence-corrected chi connectivity index (χ4v) is 6.03. The lowest BCUT2D eigenvalue weighted by atomic mass is 9.93. The second-order valence-corrected chi connectivity index (χ2v) is 10.4. The highest BCUT2D eigenvalue weighted by atomic mass is 35.5. The van der Waals surface area contributed by atoms with E-state index in [1.54, 1.807) is 44.4 Å². The largest absolute Gasteiger partial charge is 0.495 e. The molecule has 0 aliphatic carbocycles. The Kier molecular flexibility index (Phi) is 6.91. The van der Waals surface area contributed by atoms with Crippen LogP contribution in [0.15, 0.2) is 82.1 Å². The van der Waals surface area contributed by atoms with Crippen LogP contribution >= 0.6 is 22.9 Å². The van der Waals surface area contributed by atoms with Crippen molar-refractivity contribution in [3.05, 3.63) is 114 Å². The molecule has 2 aliphatic rings. The van der Waals surface area contributed by atoms with Gasteiger partial charge in [0.25, 0.3) is 5.56 Å². The van der Waals surface area contributed by atoms with Crippen LogP contribution in [0.3, 0.4) is 0 Å². The van der Waals surface area contributed by atoms with Crippen LogP contribution in [0.2, 0.25) is 5.02 Å². The molecule has 0 amide bonds. The zero-order valence-corrected chi connectivity index (χ0v) is 23.1. The topological polar surface area (TPSA) is 88.4 Å². The zero-order valence-electron chi connectivity index (χ0n) is 21.5. The Bertz CT molecular complexity index is 1840. The number of thiazole rings is 1. The lowest BCUT2D eigenvalue weighted by molar-refractivity contribution is -0.138. The maximum Gasteiger partial charge on any atom is 0.338 e. The fourth-order valence-electron chi connectivity index (χ4n) is 4.76. The highest BCUT2D eigenvalue weighted by Crippen LogP contribution is 2.40. The molecule has 0 saturated heterocycles. The van der Waals surface area contributed by atoms with Gasteiger partial charge in [-0.2, -0.15) is 0 Å². The fraction of sp³-hybridized carbons (Fsp3) is 0.167. The van der Waals surface area contributed by atoms with Gasteiger partial charge < -0.3 is 18.9 Å². The summed E-state index contributed by atoms with van der Waals surface area (Å²) in [4.78, 5) is 32.9. The number of halogens is 1. The third-order valence-corrected chi connectivity index (χ3v) is 7.84. The molecular weight excluding hydrogens is 552 g/mol. The van der Waals surface area contributed by atoms with Gasteiger partial charge in [0.15, 0.2) is 16.3 Å². The van der Waals surface area contributed by atoms with Crippen molar-refractivity contribution in [1.29, 1.82) is 0 Å². The van der Waals surface area contributed by atoms with Gasteiger partial charge in [0.2, 0.25) is 6.79 Å². The van der Waals surface area contributed by atoms with E-state index in [1.165, 1.54) is 15.9 Å². The lowest BCUT2D eigenvalue weighted by Crippen LogP contribution is -2.40. The molecule has 1 aromatic heterocycles. The molecule has 0 bridgehead atoms. The van der Waals surface area contributed by atoms with E-state index < -0.39 is 12.0 Å². The van der Waals surface area contributed by atoms with E-state index in [9.17, 15) is 9.59 Å². The van der Waals surface area contributed by atoms with E-state index in [2.05, 4.69) is 0 Å². The van der Waals surface area contributed by atoms with Gasteiger partial charge in [0.05, 0.1) is 40.6 Å². The normalized spacial score (nSPS) is 16.0. The number of methoxy groups -OCH3 is 1. The maximum atomic E-state index is 14.0. The van der Waals surface area contributed by atoms with Gasteiger partial charge in [-0.05, 0) is 48.4 Å². The summed E-state index contributed by atoms with van der Waals surface area (Å²) < 4.78 is 23.9. The first kappa shape index (κ1) is 25.9. The van der Waals surface area contributed by atoms with Crippen LogP contribution in [-0.2, 0) is 9.53 Å². The Balaban J connectivity index is 1.62. The van der Waals surface area contributed by atoms with Gasteiger partial charge in [-0.15, -0.1) is 0 Å². The number of nitrogens with zero attached hydrogens (tertiary/aromatic N) is 2. The number of fused-ring (bicyclic) bond motifs is 2. The van der Waals surface area contributed by atoms with Crippen LogP contribution in [0, 0.1) is 0 Å². The summed E-state index contributed by atoms with van der Waals surface area (Å²) in [7, 11) is 1.54. The molecule has 0 N–H and O–H groups in total. The number of rotatable bonds is 6. The van der Waals surface area contributed by atoms with Crippen LogP contribution in [0.4, 0.5) is 0 Å². The SMILES string of the molecule is CCOC(=O)C1=C(c2ccccc2)N=c2s/c(=C/c3ccc(OC)c(Cl)c3)c(=O)n2[C@H]1c1ccc2c(c1)OCO2. The summed E-state index contributed by atoms with van der Waals surface area (Å²) >= 11 is 7.57. The van der Waals surface area contributed by atoms with Crippen molar-refractivity contribution in [2.45, 2.75) is 13.0 Å². The molecule has 202 valence electrons. The smallest absolute Gasteiger partial charge is 0.338 e. The van der Waals surface area contributed by atoms with E-state index in [4.69, 9.17) is 35.5 Å².